The second-order valence-corrected chi connectivity index (χ2v) is 4.08. The maximum absolute atomic E-state index is 11.9. The minimum Gasteiger partial charge on any atom is -0.318 e. The molecule has 0 aliphatic heterocycles. The van der Waals surface area contributed by atoms with E-state index in [0.717, 1.165) is 9.13 Å². The smallest absolute Gasteiger partial charge is 0.318 e. The topological polar surface area (TPSA) is 29.1 Å². The predicted octanol–water partition coefficient (Wildman–Crippen LogP) is 3.10. The fourth-order valence-electron chi connectivity index (χ4n) is 0.924. The van der Waals surface area contributed by atoms with Crippen LogP contribution in [0, 0.1) is 10.5 Å². The van der Waals surface area contributed by atoms with E-state index in [0.29, 0.717) is 0 Å². The van der Waals surface area contributed by atoms with E-state index in [2.05, 4.69) is 22.6 Å². The summed E-state index contributed by atoms with van der Waals surface area (Å²) in [6, 6.07) is 4.56. The molecule has 1 aromatic rings. The number of nitrogens with one attached hydrogen (secondary N) is 1. The van der Waals surface area contributed by atoms with Crippen molar-refractivity contribution < 1.29 is 18.0 Å². The molecule has 0 radical (unpaired) electrons. The Balaban J connectivity index is 2.83. The number of rotatable bonds is 1. The molecule has 0 aliphatic rings. The van der Waals surface area contributed by atoms with Crippen molar-refractivity contribution in [2.24, 2.45) is 0 Å². The summed E-state index contributed by atoms with van der Waals surface area (Å²) < 4.78 is 36.6. The van der Waals surface area contributed by atoms with Gasteiger partial charge in [0.05, 0.1) is 0 Å². The first-order valence-electron chi connectivity index (χ1n) is 3.95. The van der Waals surface area contributed by atoms with E-state index in [9.17, 15) is 18.0 Å². The molecule has 1 rings (SSSR count). The quantitative estimate of drug-likeness (QED) is 0.788. The number of halogens is 4. The third-order valence-electron chi connectivity index (χ3n) is 1.67. The molecule has 82 valence electrons. The van der Waals surface area contributed by atoms with Crippen molar-refractivity contribution in [1.82, 2.24) is 0 Å². The predicted molar refractivity (Wildman–Crippen MR) is 58.6 cm³/mol. The van der Waals surface area contributed by atoms with Crippen molar-refractivity contribution in [1.29, 1.82) is 0 Å². The largest absolute Gasteiger partial charge is 0.471 e. The fraction of sp³-hybridized carbons (Fsp3) is 0.222. The lowest BCUT2D eigenvalue weighted by atomic mass is 10.2. The first-order valence-corrected chi connectivity index (χ1v) is 5.03. The first-order chi connectivity index (χ1) is 6.80. The van der Waals surface area contributed by atoms with Gasteiger partial charge in [0.15, 0.2) is 0 Å². The lowest BCUT2D eigenvalue weighted by Gasteiger charge is -2.08. The number of alkyl halides is 3. The van der Waals surface area contributed by atoms with Gasteiger partial charge in [0.1, 0.15) is 0 Å². The molecule has 0 aliphatic carbocycles. The highest BCUT2D eigenvalue weighted by Gasteiger charge is 2.38. The lowest BCUT2D eigenvalue weighted by molar-refractivity contribution is -0.167. The van der Waals surface area contributed by atoms with Gasteiger partial charge in [-0.05, 0) is 53.3 Å². The van der Waals surface area contributed by atoms with Gasteiger partial charge in [-0.3, -0.25) is 4.79 Å². The fourth-order valence-corrected chi connectivity index (χ4v) is 1.26. The molecule has 0 bridgehead atoms. The van der Waals surface area contributed by atoms with E-state index in [-0.39, 0.29) is 5.69 Å². The Morgan fingerprint density at radius 3 is 2.47 bits per heavy atom. The Kier molecular flexibility index (Phi) is 3.58. The molecular formula is C9H7F3INO. The van der Waals surface area contributed by atoms with Gasteiger partial charge < -0.3 is 5.32 Å². The van der Waals surface area contributed by atoms with Crippen molar-refractivity contribution in [3.05, 3.63) is 27.3 Å². The van der Waals surface area contributed by atoms with Gasteiger partial charge in [0.2, 0.25) is 0 Å². The molecule has 0 heterocycles. The van der Waals surface area contributed by atoms with Crippen molar-refractivity contribution in [2.45, 2.75) is 13.1 Å². The highest BCUT2D eigenvalue weighted by molar-refractivity contribution is 14.1. The van der Waals surface area contributed by atoms with Gasteiger partial charge in [-0.1, -0.05) is 0 Å². The van der Waals surface area contributed by atoms with Crippen molar-refractivity contribution in [3.8, 4) is 0 Å². The van der Waals surface area contributed by atoms with Crippen LogP contribution in [-0.4, -0.2) is 12.1 Å². The van der Waals surface area contributed by atoms with E-state index in [1.165, 1.54) is 12.1 Å². The molecule has 6 heteroatoms. The highest BCUT2D eigenvalue weighted by Crippen LogP contribution is 2.20. The Labute approximate surface area is 98.0 Å². The average molecular weight is 329 g/mol. The molecule has 0 spiro atoms. The van der Waals surface area contributed by atoms with Crippen LogP contribution in [0.15, 0.2) is 18.2 Å². The Morgan fingerprint density at radius 1 is 1.40 bits per heavy atom. The summed E-state index contributed by atoms with van der Waals surface area (Å²) in [4.78, 5) is 10.6. The standard InChI is InChI=1S/C9H7F3INO/c1-5-4-6(2-3-7(5)13)14-8(15)9(10,11)12/h2-4H,1H3,(H,14,15). The summed E-state index contributed by atoms with van der Waals surface area (Å²) in [6.07, 6.45) is -4.85. The number of hydrogen-bond acceptors (Lipinski definition) is 1. The zero-order chi connectivity index (χ0) is 11.6. The minimum atomic E-state index is -4.85. The molecule has 1 N–H and O–H groups in total. The van der Waals surface area contributed by atoms with E-state index in [1.54, 1.807) is 18.3 Å². The van der Waals surface area contributed by atoms with Crippen LogP contribution in [0.4, 0.5) is 18.9 Å². The first kappa shape index (κ1) is 12.3. The monoisotopic (exact) mass is 329 g/mol. The van der Waals surface area contributed by atoms with E-state index in [4.69, 9.17) is 0 Å². The molecule has 0 saturated carbocycles. The molecule has 1 amide bonds. The molecule has 15 heavy (non-hydrogen) atoms. The van der Waals surface area contributed by atoms with Crippen LogP contribution >= 0.6 is 22.6 Å². The number of benzene rings is 1. The van der Waals surface area contributed by atoms with Crippen LogP contribution in [-0.2, 0) is 4.79 Å². The van der Waals surface area contributed by atoms with Crippen LogP contribution in [0.5, 0.6) is 0 Å². The van der Waals surface area contributed by atoms with Crippen molar-refractivity contribution in [3.63, 3.8) is 0 Å². The summed E-state index contributed by atoms with van der Waals surface area (Å²) in [5.74, 6) is -1.96. The number of carbonyl (C=O) groups is 1. The summed E-state index contributed by atoms with van der Waals surface area (Å²) in [5.41, 5.74) is 0.964. The maximum Gasteiger partial charge on any atom is 0.471 e. The molecule has 2 nitrogen and oxygen atoms in total. The zero-order valence-corrected chi connectivity index (χ0v) is 9.81. The van der Waals surface area contributed by atoms with Crippen molar-refractivity contribution >= 4 is 34.2 Å². The van der Waals surface area contributed by atoms with Gasteiger partial charge >= 0.3 is 12.1 Å². The summed E-state index contributed by atoms with van der Waals surface area (Å²) in [5, 5.41) is 1.78. The zero-order valence-electron chi connectivity index (χ0n) is 7.65. The van der Waals surface area contributed by atoms with Gasteiger partial charge in [-0.15, -0.1) is 0 Å². The minimum absolute atomic E-state index is 0.148. The van der Waals surface area contributed by atoms with Gasteiger partial charge in [-0.25, -0.2) is 0 Å². The molecule has 0 fully saturated rings. The Morgan fingerprint density at radius 2 is 2.00 bits per heavy atom. The summed E-state index contributed by atoms with van der Waals surface area (Å²) in [6.45, 7) is 1.75. The molecule has 0 saturated heterocycles. The second kappa shape index (κ2) is 4.38. The number of hydrogen-bond donors (Lipinski definition) is 1. The highest BCUT2D eigenvalue weighted by atomic mass is 127. The van der Waals surface area contributed by atoms with Crippen molar-refractivity contribution in [2.75, 3.05) is 5.32 Å². The van der Waals surface area contributed by atoms with E-state index >= 15 is 0 Å². The lowest BCUT2D eigenvalue weighted by Crippen LogP contribution is -2.29. The van der Waals surface area contributed by atoms with Crippen LogP contribution in [0.2, 0.25) is 0 Å². The van der Waals surface area contributed by atoms with Crippen LogP contribution < -0.4 is 5.32 Å². The number of amides is 1. The summed E-state index contributed by atoms with van der Waals surface area (Å²) in [7, 11) is 0. The number of anilines is 1. The Bertz CT molecular complexity index is 389. The summed E-state index contributed by atoms with van der Waals surface area (Å²) >= 11 is 2.06. The average Bonchev–Trinajstić information content (AvgIpc) is 2.10. The molecule has 0 aromatic heterocycles. The molecule has 0 unspecified atom stereocenters. The van der Waals surface area contributed by atoms with E-state index < -0.39 is 12.1 Å². The van der Waals surface area contributed by atoms with E-state index in [1.807, 2.05) is 0 Å². The molecule has 0 atom stereocenters. The maximum atomic E-state index is 11.9. The number of aryl methyl sites for hydroxylation is 1. The third-order valence-corrected chi connectivity index (χ3v) is 2.88. The van der Waals surface area contributed by atoms with Gasteiger partial charge in [0, 0.05) is 9.26 Å². The Hall–Kier alpha value is -0.790. The third kappa shape index (κ3) is 3.37. The molecule has 1 aromatic carbocycles. The normalized spacial score (nSPS) is 11.3. The second-order valence-electron chi connectivity index (χ2n) is 2.92. The molecular weight excluding hydrogens is 322 g/mol. The van der Waals surface area contributed by atoms with Gasteiger partial charge in [0.25, 0.3) is 0 Å². The van der Waals surface area contributed by atoms with Crippen LogP contribution in [0.25, 0.3) is 0 Å². The van der Waals surface area contributed by atoms with Gasteiger partial charge in [-0.2, -0.15) is 13.2 Å². The van der Waals surface area contributed by atoms with Crippen LogP contribution in [0.1, 0.15) is 5.56 Å². The van der Waals surface area contributed by atoms with Crippen LogP contribution in [0.3, 0.4) is 0 Å². The number of carbonyl (C=O) groups excluding carboxylic acids is 1. The SMILES string of the molecule is Cc1cc(NC(=O)C(F)(F)F)ccc1I.